The van der Waals surface area contributed by atoms with Gasteiger partial charge in [-0.15, -0.1) is 0 Å². The predicted molar refractivity (Wildman–Crippen MR) is 104 cm³/mol. The number of amides is 1. The van der Waals surface area contributed by atoms with Gasteiger partial charge in [-0.25, -0.2) is 9.78 Å². The summed E-state index contributed by atoms with van der Waals surface area (Å²) in [6, 6.07) is 18.8. The maximum absolute atomic E-state index is 12.9. The number of hydrogen-bond acceptors (Lipinski definition) is 4. The Kier molecular flexibility index (Phi) is 4.36. The van der Waals surface area contributed by atoms with E-state index in [1.54, 1.807) is 17.9 Å². The fourth-order valence-electron chi connectivity index (χ4n) is 3.55. The Bertz CT molecular complexity index is 1030. The molecule has 0 unspecified atom stereocenters. The number of anilines is 1. The maximum atomic E-state index is 12.9. The van der Waals surface area contributed by atoms with Gasteiger partial charge in [0.05, 0.1) is 5.52 Å². The molecule has 27 heavy (non-hydrogen) atoms. The first-order valence-electron chi connectivity index (χ1n) is 9.02. The van der Waals surface area contributed by atoms with E-state index in [4.69, 9.17) is 4.74 Å². The van der Waals surface area contributed by atoms with Crippen LogP contribution in [0.4, 0.5) is 5.69 Å². The number of carbonyl (C=O) groups is 2. The van der Waals surface area contributed by atoms with Crippen LogP contribution in [0.1, 0.15) is 29.9 Å². The Morgan fingerprint density at radius 1 is 1.07 bits per heavy atom. The zero-order valence-corrected chi connectivity index (χ0v) is 15.3. The molecule has 0 saturated carbocycles. The van der Waals surface area contributed by atoms with Gasteiger partial charge in [-0.1, -0.05) is 42.5 Å². The molecule has 0 fully saturated rings. The van der Waals surface area contributed by atoms with E-state index in [-0.39, 0.29) is 17.6 Å². The van der Waals surface area contributed by atoms with Crippen molar-refractivity contribution in [2.75, 3.05) is 4.90 Å². The molecule has 136 valence electrons. The average Bonchev–Trinajstić information content (AvgIpc) is 3.02. The SMILES string of the molecule is C[C@@H](OC(=O)c1ccc2ccccc2n1)C(=O)N1c2ccccc2C[C@@H]1C. The second-order valence-electron chi connectivity index (χ2n) is 6.83. The van der Waals surface area contributed by atoms with Crippen LogP contribution < -0.4 is 4.90 Å². The summed E-state index contributed by atoms with van der Waals surface area (Å²) in [6.45, 7) is 3.60. The monoisotopic (exact) mass is 360 g/mol. The molecule has 5 nitrogen and oxygen atoms in total. The van der Waals surface area contributed by atoms with E-state index in [2.05, 4.69) is 4.98 Å². The van der Waals surface area contributed by atoms with Gasteiger partial charge in [-0.3, -0.25) is 4.79 Å². The lowest BCUT2D eigenvalue weighted by molar-refractivity contribution is -0.126. The highest BCUT2D eigenvalue weighted by atomic mass is 16.5. The summed E-state index contributed by atoms with van der Waals surface area (Å²) >= 11 is 0. The summed E-state index contributed by atoms with van der Waals surface area (Å²) in [7, 11) is 0. The molecule has 1 aliphatic heterocycles. The van der Waals surface area contributed by atoms with Crippen LogP contribution in [0.5, 0.6) is 0 Å². The van der Waals surface area contributed by atoms with E-state index in [1.807, 2.05) is 61.5 Å². The summed E-state index contributed by atoms with van der Waals surface area (Å²) in [5, 5.41) is 0.945. The van der Waals surface area contributed by atoms with Crippen LogP contribution in [0, 0.1) is 0 Å². The summed E-state index contributed by atoms with van der Waals surface area (Å²) in [5.41, 5.74) is 2.94. The number of nitrogens with zero attached hydrogens (tertiary/aromatic N) is 2. The van der Waals surface area contributed by atoms with Crippen LogP contribution in [-0.2, 0) is 16.0 Å². The largest absolute Gasteiger partial charge is 0.448 e. The van der Waals surface area contributed by atoms with Crippen molar-refractivity contribution in [3.8, 4) is 0 Å². The van der Waals surface area contributed by atoms with Crippen molar-refractivity contribution in [2.45, 2.75) is 32.4 Å². The molecule has 2 heterocycles. The van der Waals surface area contributed by atoms with Gasteiger partial charge in [-0.05, 0) is 44.0 Å². The molecule has 1 aliphatic rings. The van der Waals surface area contributed by atoms with E-state index >= 15 is 0 Å². The third-order valence-electron chi connectivity index (χ3n) is 4.88. The topological polar surface area (TPSA) is 59.5 Å². The highest BCUT2D eigenvalue weighted by Gasteiger charge is 2.34. The molecule has 2 atom stereocenters. The summed E-state index contributed by atoms with van der Waals surface area (Å²) < 4.78 is 5.43. The number of esters is 1. The van der Waals surface area contributed by atoms with Gasteiger partial charge in [0, 0.05) is 17.1 Å². The molecule has 0 radical (unpaired) electrons. The third kappa shape index (κ3) is 3.16. The zero-order valence-electron chi connectivity index (χ0n) is 15.3. The maximum Gasteiger partial charge on any atom is 0.357 e. The lowest BCUT2D eigenvalue weighted by Crippen LogP contribution is -2.43. The molecule has 0 N–H and O–H groups in total. The summed E-state index contributed by atoms with van der Waals surface area (Å²) in [4.78, 5) is 31.5. The van der Waals surface area contributed by atoms with Crippen molar-refractivity contribution in [2.24, 2.45) is 0 Å². The van der Waals surface area contributed by atoms with Gasteiger partial charge in [-0.2, -0.15) is 0 Å². The Morgan fingerprint density at radius 3 is 2.67 bits per heavy atom. The molecule has 1 aromatic heterocycles. The molecule has 2 aromatic carbocycles. The summed E-state index contributed by atoms with van der Waals surface area (Å²) in [6.07, 6.45) is -0.0891. The Labute approximate surface area is 157 Å². The minimum absolute atomic E-state index is 0.0369. The van der Waals surface area contributed by atoms with Crippen molar-refractivity contribution in [3.05, 3.63) is 71.9 Å². The van der Waals surface area contributed by atoms with Crippen molar-refractivity contribution < 1.29 is 14.3 Å². The minimum Gasteiger partial charge on any atom is -0.448 e. The van der Waals surface area contributed by atoms with Crippen molar-refractivity contribution in [1.82, 2.24) is 4.98 Å². The van der Waals surface area contributed by atoms with Crippen LogP contribution in [-0.4, -0.2) is 29.0 Å². The van der Waals surface area contributed by atoms with Crippen molar-refractivity contribution in [3.63, 3.8) is 0 Å². The molecule has 3 aromatic rings. The molecule has 1 amide bonds. The number of fused-ring (bicyclic) bond motifs is 2. The van der Waals surface area contributed by atoms with E-state index in [9.17, 15) is 9.59 Å². The number of hydrogen-bond donors (Lipinski definition) is 0. The smallest absolute Gasteiger partial charge is 0.357 e. The van der Waals surface area contributed by atoms with Gasteiger partial charge >= 0.3 is 5.97 Å². The number of para-hydroxylation sites is 2. The second-order valence-corrected chi connectivity index (χ2v) is 6.83. The fourth-order valence-corrected chi connectivity index (χ4v) is 3.55. The van der Waals surface area contributed by atoms with E-state index < -0.39 is 12.1 Å². The number of rotatable bonds is 3. The van der Waals surface area contributed by atoms with Crippen molar-refractivity contribution in [1.29, 1.82) is 0 Å². The van der Waals surface area contributed by atoms with Crippen LogP contribution in [0.3, 0.4) is 0 Å². The molecule has 0 bridgehead atoms. The average molecular weight is 360 g/mol. The van der Waals surface area contributed by atoms with E-state index in [0.29, 0.717) is 5.52 Å². The highest BCUT2D eigenvalue weighted by molar-refractivity contribution is 6.01. The first-order valence-corrected chi connectivity index (χ1v) is 9.02. The first kappa shape index (κ1) is 17.2. The van der Waals surface area contributed by atoms with Gasteiger partial charge in [0.15, 0.2) is 6.10 Å². The lowest BCUT2D eigenvalue weighted by Gasteiger charge is -2.25. The number of pyridine rings is 1. The van der Waals surface area contributed by atoms with Crippen LogP contribution in [0.15, 0.2) is 60.7 Å². The molecule has 0 spiro atoms. The first-order chi connectivity index (χ1) is 13.0. The predicted octanol–water partition coefficient (Wildman–Crippen LogP) is 3.76. The van der Waals surface area contributed by atoms with E-state index in [1.165, 1.54) is 0 Å². The number of carbonyl (C=O) groups excluding carboxylic acids is 2. The lowest BCUT2D eigenvalue weighted by atomic mass is 10.1. The van der Waals surface area contributed by atoms with Gasteiger partial charge < -0.3 is 9.64 Å². The number of aromatic nitrogens is 1. The molecule has 0 saturated heterocycles. The molecule has 0 aliphatic carbocycles. The minimum atomic E-state index is -0.889. The zero-order chi connectivity index (χ0) is 19.0. The van der Waals surface area contributed by atoms with Crippen molar-refractivity contribution >= 4 is 28.5 Å². The number of ether oxygens (including phenoxy) is 1. The van der Waals surface area contributed by atoms with E-state index in [0.717, 1.165) is 23.1 Å². The Hall–Kier alpha value is -3.21. The second kappa shape index (κ2) is 6.83. The van der Waals surface area contributed by atoms with Crippen LogP contribution in [0.25, 0.3) is 10.9 Å². The normalized spacial score (nSPS) is 16.8. The third-order valence-corrected chi connectivity index (χ3v) is 4.88. The highest BCUT2D eigenvalue weighted by Crippen LogP contribution is 2.32. The van der Waals surface area contributed by atoms with Crippen LogP contribution in [0.2, 0.25) is 0 Å². The molecule has 4 rings (SSSR count). The Balaban J connectivity index is 1.52. The fraction of sp³-hybridized carbons (Fsp3) is 0.227. The van der Waals surface area contributed by atoms with Crippen LogP contribution >= 0.6 is 0 Å². The van der Waals surface area contributed by atoms with Gasteiger partial charge in [0.25, 0.3) is 5.91 Å². The molecular formula is C22H20N2O3. The summed E-state index contributed by atoms with van der Waals surface area (Å²) in [5.74, 6) is -0.816. The number of benzene rings is 2. The van der Waals surface area contributed by atoms with Gasteiger partial charge in [0.1, 0.15) is 5.69 Å². The molecular weight excluding hydrogens is 340 g/mol. The van der Waals surface area contributed by atoms with Gasteiger partial charge in [0.2, 0.25) is 0 Å². The standard InChI is InChI=1S/C22H20N2O3/c1-14-13-17-8-4-6-10-20(17)24(14)21(25)15(2)27-22(26)19-12-11-16-7-3-5-9-18(16)23-19/h3-12,14-15H,13H2,1-2H3/t14-,15+/m0/s1. The molecule has 5 heteroatoms. The Morgan fingerprint density at radius 2 is 1.81 bits per heavy atom. The quantitative estimate of drug-likeness (QED) is 0.668.